The number of nitrogens with zero attached hydrogens (tertiary/aromatic N) is 8. The minimum absolute atomic E-state index is 0.456. The second-order valence-corrected chi connectivity index (χ2v) is 35.1. The Balaban J connectivity index is 0.000000139. The highest BCUT2D eigenvalue weighted by molar-refractivity contribution is 8.00. The van der Waals surface area contributed by atoms with Crippen LogP contribution in [0.25, 0.3) is 179 Å². The van der Waals surface area contributed by atoms with Crippen molar-refractivity contribution in [3.8, 4) is 135 Å². The summed E-state index contributed by atoms with van der Waals surface area (Å²) in [7, 11) is 0. The van der Waals surface area contributed by atoms with Gasteiger partial charge in [0.15, 0.2) is 34.9 Å². The summed E-state index contributed by atoms with van der Waals surface area (Å²) >= 11 is 3.79. The number of rotatable bonds is 10. The molecule has 0 N–H and O–H groups in total. The molecule has 596 valence electrons. The van der Waals surface area contributed by atoms with Crippen LogP contribution in [-0.4, -0.2) is 39.9 Å². The summed E-state index contributed by atoms with van der Waals surface area (Å²) in [5.74, 6) is 3.84. The van der Waals surface area contributed by atoms with E-state index in [-0.39, 0.29) is 0 Å². The number of fused-ring (bicyclic) bond motifs is 26. The van der Waals surface area contributed by atoms with Crippen molar-refractivity contribution in [1.29, 1.82) is 0 Å². The highest BCUT2D eigenvalue weighted by atomic mass is 32.2. The van der Waals surface area contributed by atoms with Gasteiger partial charge in [-0.1, -0.05) is 418 Å². The van der Waals surface area contributed by atoms with Crippen LogP contribution in [0.3, 0.4) is 0 Å². The molecule has 18 aromatic carbocycles. The molecule has 0 unspecified atom stereocenters. The Hall–Kier alpha value is -16.0. The maximum absolute atomic E-state index is 5.47. The number of aromatic nitrogens is 8. The monoisotopic (exact) mass is 1660 g/mol. The molecule has 2 spiro atoms. The fraction of sp³-hybridized carbons (Fsp3) is 0.0169. The second-order valence-electron chi connectivity index (χ2n) is 33.0. The molecule has 6 heterocycles. The summed E-state index contributed by atoms with van der Waals surface area (Å²) in [6.45, 7) is 0. The third kappa shape index (κ3) is 12.0. The van der Waals surface area contributed by atoms with Crippen LogP contribution in [0.2, 0.25) is 0 Å². The first kappa shape index (κ1) is 74.6. The summed E-state index contributed by atoms with van der Waals surface area (Å²) in [4.78, 5) is 45.9. The van der Waals surface area contributed by atoms with E-state index in [1.54, 1.807) is 0 Å². The summed E-state index contributed by atoms with van der Waals surface area (Å²) in [6, 6.07) is 156. The van der Waals surface area contributed by atoms with E-state index in [9.17, 15) is 0 Å². The highest BCUT2D eigenvalue weighted by Gasteiger charge is 2.52. The first-order valence-corrected chi connectivity index (χ1v) is 44.9. The summed E-state index contributed by atoms with van der Waals surface area (Å²) in [5, 5.41) is 7.09. The zero-order valence-electron chi connectivity index (χ0n) is 69.0. The maximum Gasteiger partial charge on any atom is 0.164 e. The SMILES string of the molecule is c1ccc(-c2nc(-c3ccccc3)nc(-c3ccc(-c4cccc(-c5nc6ccccc6c6c7c(ccc56)C5(c6ccccc6S7)c6ccccc6-c6ccccc65)c4)cc3)n2)cc1.c1ccc(-c2nc(-c3ccccc3)nc(-c3cccc(-c4cccc(-c5nc6ccccc6c6c7c(ccc56)C5(c6ccccc6S7)c6ccccc6-c6ccccc65)c4)c3)n2)cc1. The predicted molar refractivity (Wildman–Crippen MR) is 522 cm³/mol. The zero-order chi connectivity index (χ0) is 84.4. The summed E-state index contributed by atoms with van der Waals surface area (Å²) in [5.41, 5.74) is 31.0. The number of para-hydroxylation sites is 2. The van der Waals surface area contributed by atoms with Gasteiger partial charge in [-0.25, -0.2) is 39.9 Å². The Morgan fingerprint density at radius 3 is 0.805 bits per heavy atom. The summed E-state index contributed by atoms with van der Waals surface area (Å²) < 4.78 is 0. The van der Waals surface area contributed by atoms with E-state index in [1.807, 2.05) is 145 Å². The van der Waals surface area contributed by atoms with Crippen LogP contribution < -0.4 is 0 Å². The molecule has 0 saturated heterocycles. The lowest BCUT2D eigenvalue weighted by Crippen LogP contribution is -2.32. The molecule has 0 atom stereocenters. The molecule has 2 aliphatic heterocycles. The van der Waals surface area contributed by atoms with E-state index in [0.717, 1.165) is 111 Å². The van der Waals surface area contributed by atoms with Crippen molar-refractivity contribution in [3.63, 3.8) is 0 Å². The summed E-state index contributed by atoms with van der Waals surface area (Å²) in [6.07, 6.45) is 0. The first-order chi connectivity index (χ1) is 63.4. The van der Waals surface area contributed by atoms with E-state index in [1.165, 1.54) is 97.1 Å². The zero-order valence-corrected chi connectivity index (χ0v) is 70.6. The molecular weight excluding hydrogens is 1590 g/mol. The first-order valence-electron chi connectivity index (χ1n) is 43.3. The number of hydrogen-bond acceptors (Lipinski definition) is 10. The van der Waals surface area contributed by atoms with Crippen molar-refractivity contribution in [2.75, 3.05) is 0 Å². The van der Waals surface area contributed by atoms with Crippen LogP contribution in [0.4, 0.5) is 0 Å². The Morgan fingerprint density at radius 1 is 0.164 bits per heavy atom. The van der Waals surface area contributed by atoms with Crippen molar-refractivity contribution >= 4 is 66.9 Å². The quantitative estimate of drug-likeness (QED) is 0.123. The molecule has 0 saturated carbocycles. The minimum Gasteiger partial charge on any atom is -0.247 e. The van der Waals surface area contributed by atoms with Crippen molar-refractivity contribution in [1.82, 2.24) is 39.9 Å². The van der Waals surface area contributed by atoms with Gasteiger partial charge in [-0.15, -0.1) is 0 Å². The van der Waals surface area contributed by atoms with Gasteiger partial charge in [0.25, 0.3) is 0 Å². The van der Waals surface area contributed by atoms with Crippen LogP contribution >= 0.6 is 23.5 Å². The van der Waals surface area contributed by atoms with Gasteiger partial charge < -0.3 is 0 Å². The lowest BCUT2D eigenvalue weighted by molar-refractivity contribution is 0.726. The van der Waals surface area contributed by atoms with E-state index in [4.69, 9.17) is 39.9 Å². The molecule has 10 heteroatoms. The highest BCUT2D eigenvalue weighted by Crippen LogP contribution is 2.66. The molecule has 4 aromatic heterocycles. The van der Waals surface area contributed by atoms with Gasteiger partial charge in [0.1, 0.15) is 0 Å². The second kappa shape index (κ2) is 30.5. The van der Waals surface area contributed by atoms with Gasteiger partial charge in [0.2, 0.25) is 0 Å². The van der Waals surface area contributed by atoms with E-state index in [0.29, 0.717) is 34.9 Å². The van der Waals surface area contributed by atoms with Gasteiger partial charge in [0, 0.05) is 96.4 Å². The molecular formula is C118H72N8S2. The lowest BCUT2D eigenvalue weighted by Gasteiger charge is -2.40. The molecule has 26 rings (SSSR count). The van der Waals surface area contributed by atoms with Gasteiger partial charge in [-0.3, -0.25) is 0 Å². The van der Waals surface area contributed by atoms with Gasteiger partial charge >= 0.3 is 0 Å². The van der Waals surface area contributed by atoms with Crippen LogP contribution in [-0.2, 0) is 10.8 Å². The smallest absolute Gasteiger partial charge is 0.164 e. The number of pyridine rings is 2. The third-order valence-electron chi connectivity index (χ3n) is 26.0. The van der Waals surface area contributed by atoms with Crippen molar-refractivity contribution in [2.24, 2.45) is 0 Å². The van der Waals surface area contributed by atoms with Gasteiger partial charge in [-0.05, 0) is 131 Å². The van der Waals surface area contributed by atoms with Crippen LogP contribution in [0.5, 0.6) is 0 Å². The Bertz CT molecular complexity index is 8060. The standard InChI is InChI=1S/2C59H36N4S/c1-3-17-37(18-4-1)56-61-57(38-19-5-2-6-20-38)63-58(62-56)42-24-16-22-40(36-42)39-21-15-23-41(35-39)54-46-33-34-50-55(53(46)45-27-9-13-31-51(45)60-54)64-52-32-14-12-30-49(52)59(50)47-28-10-7-25-43(47)44-26-8-11-29-48(44)59;1-3-16-38(17-4-1)56-61-57(39-18-5-2-6-19-39)63-58(62-56)40-32-30-37(31-33-40)41-20-15-21-42(36-41)54-46-34-35-50-55(53(46)45-24-9-13-28-51(45)60-54)64-52-29-14-12-27-49(52)59(50)47-25-10-7-22-43(47)44-23-8-11-26-48(44)59/h2*1-36H. The molecule has 0 fully saturated rings. The van der Waals surface area contributed by atoms with E-state index >= 15 is 0 Å². The van der Waals surface area contributed by atoms with Crippen molar-refractivity contribution in [3.05, 3.63) is 481 Å². The largest absolute Gasteiger partial charge is 0.247 e. The molecule has 128 heavy (non-hydrogen) atoms. The molecule has 8 nitrogen and oxygen atoms in total. The van der Waals surface area contributed by atoms with Crippen LogP contribution in [0, 0.1) is 0 Å². The van der Waals surface area contributed by atoms with Gasteiger partial charge in [-0.2, -0.15) is 0 Å². The Kier molecular flexibility index (Phi) is 17.8. The minimum atomic E-state index is -0.462. The van der Waals surface area contributed by atoms with Crippen molar-refractivity contribution < 1.29 is 0 Å². The van der Waals surface area contributed by atoms with E-state index in [2.05, 4.69) is 315 Å². The Morgan fingerprint density at radius 2 is 0.430 bits per heavy atom. The van der Waals surface area contributed by atoms with Crippen molar-refractivity contribution in [2.45, 2.75) is 30.4 Å². The van der Waals surface area contributed by atoms with Crippen LogP contribution in [0.1, 0.15) is 44.5 Å². The fourth-order valence-corrected chi connectivity index (χ4v) is 23.1. The molecule has 2 aliphatic carbocycles. The lowest BCUT2D eigenvalue weighted by atomic mass is 9.67. The molecule has 0 radical (unpaired) electrons. The number of benzene rings is 18. The average molecular weight is 1670 g/mol. The molecule has 4 aliphatic rings. The molecule has 0 bridgehead atoms. The number of hydrogen-bond donors (Lipinski definition) is 0. The van der Waals surface area contributed by atoms with Gasteiger partial charge in [0.05, 0.1) is 33.3 Å². The van der Waals surface area contributed by atoms with Crippen LogP contribution in [0.15, 0.2) is 456 Å². The van der Waals surface area contributed by atoms with E-state index < -0.39 is 10.8 Å². The molecule has 22 aromatic rings. The third-order valence-corrected chi connectivity index (χ3v) is 28.4. The molecule has 0 amide bonds. The maximum atomic E-state index is 5.47. The topological polar surface area (TPSA) is 103 Å². The average Bonchev–Trinajstić information content (AvgIpc) is 1.48. The Labute approximate surface area is 748 Å². The normalized spacial score (nSPS) is 13.1. The predicted octanol–water partition coefficient (Wildman–Crippen LogP) is 29.5. The fourth-order valence-electron chi connectivity index (χ4n) is 20.4.